The molecule has 1 aliphatic rings. The van der Waals surface area contributed by atoms with E-state index in [9.17, 15) is 18.0 Å². The summed E-state index contributed by atoms with van der Waals surface area (Å²) in [7, 11) is 0. The molecule has 2 rings (SSSR count). The second-order valence-corrected chi connectivity index (χ2v) is 5.65. The van der Waals surface area contributed by atoms with Gasteiger partial charge >= 0.3 is 0 Å². The van der Waals surface area contributed by atoms with Gasteiger partial charge in [0.05, 0.1) is 0 Å². The number of halogens is 3. The van der Waals surface area contributed by atoms with Crippen molar-refractivity contribution in [3.63, 3.8) is 0 Å². The van der Waals surface area contributed by atoms with Crippen molar-refractivity contribution in [2.45, 2.75) is 44.6 Å². The molecule has 0 saturated heterocycles. The highest BCUT2D eigenvalue weighted by molar-refractivity contribution is 5.94. The third kappa shape index (κ3) is 4.73. The highest BCUT2D eigenvalue weighted by atomic mass is 19.2. The molecule has 0 spiro atoms. The molecule has 1 aromatic rings. The standard InChI is InChI=1S/C16H21F3N2O/c17-13-9-11(10-14(18)15(13)19)16(22)21-8-7-20-12-5-3-1-2-4-6-12/h9-10,12,20H,1-8H2,(H,21,22). The van der Waals surface area contributed by atoms with Gasteiger partial charge in [0.15, 0.2) is 17.5 Å². The monoisotopic (exact) mass is 314 g/mol. The van der Waals surface area contributed by atoms with Crippen LogP contribution in [0.1, 0.15) is 48.9 Å². The van der Waals surface area contributed by atoms with Crippen molar-refractivity contribution in [2.75, 3.05) is 13.1 Å². The minimum atomic E-state index is -1.56. The van der Waals surface area contributed by atoms with Crippen LogP contribution in [0.25, 0.3) is 0 Å². The van der Waals surface area contributed by atoms with Gasteiger partial charge in [0.25, 0.3) is 5.91 Å². The van der Waals surface area contributed by atoms with E-state index in [1.807, 2.05) is 0 Å². The van der Waals surface area contributed by atoms with E-state index in [2.05, 4.69) is 10.6 Å². The van der Waals surface area contributed by atoms with Crippen molar-refractivity contribution in [1.82, 2.24) is 10.6 Å². The van der Waals surface area contributed by atoms with Gasteiger partial charge in [-0.1, -0.05) is 25.7 Å². The molecule has 0 aliphatic heterocycles. The highest BCUT2D eigenvalue weighted by Gasteiger charge is 2.15. The third-order valence-corrected chi connectivity index (χ3v) is 3.94. The van der Waals surface area contributed by atoms with Gasteiger partial charge in [-0.25, -0.2) is 13.2 Å². The van der Waals surface area contributed by atoms with Crippen LogP contribution in [0.15, 0.2) is 12.1 Å². The molecule has 22 heavy (non-hydrogen) atoms. The highest BCUT2D eigenvalue weighted by Crippen LogP contribution is 2.17. The molecular formula is C16H21F3N2O. The predicted octanol–water partition coefficient (Wildman–Crippen LogP) is 3.15. The third-order valence-electron chi connectivity index (χ3n) is 3.94. The molecular weight excluding hydrogens is 293 g/mol. The lowest BCUT2D eigenvalue weighted by Gasteiger charge is -2.16. The summed E-state index contributed by atoms with van der Waals surface area (Å²) in [6.45, 7) is 0.957. The Morgan fingerprint density at radius 2 is 1.59 bits per heavy atom. The average Bonchev–Trinajstić information content (AvgIpc) is 2.77. The number of nitrogens with one attached hydrogen (secondary N) is 2. The quantitative estimate of drug-likeness (QED) is 0.498. The molecule has 2 N–H and O–H groups in total. The summed E-state index contributed by atoms with van der Waals surface area (Å²) in [6, 6.07) is 1.87. The summed E-state index contributed by atoms with van der Waals surface area (Å²) in [5.41, 5.74) is -0.217. The number of rotatable bonds is 5. The van der Waals surface area contributed by atoms with Crippen LogP contribution in [0.5, 0.6) is 0 Å². The maximum atomic E-state index is 13.1. The normalized spacial score (nSPS) is 16.3. The van der Waals surface area contributed by atoms with Crippen molar-refractivity contribution in [3.05, 3.63) is 35.1 Å². The first kappa shape index (κ1) is 16.8. The Morgan fingerprint density at radius 3 is 2.18 bits per heavy atom. The van der Waals surface area contributed by atoms with E-state index in [0.717, 1.165) is 12.8 Å². The van der Waals surface area contributed by atoms with E-state index in [1.54, 1.807) is 0 Å². The number of benzene rings is 1. The zero-order valence-corrected chi connectivity index (χ0v) is 12.4. The van der Waals surface area contributed by atoms with Gasteiger partial charge in [-0.3, -0.25) is 4.79 Å². The van der Waals surface area contributed by atoms with E-state index >= 15 is 0 Å². The maximum absolute atomic E-state index is 13.1. The number of hydrogen-bond donors (Lipinski definition) is 2. The molecule has 1 amide bonds. The molecule has 0 aromatic heterocycles. The van der Waals surface area contributed by atoms with Gasteiger partial charge in [0.1, 0.15) is 0 Å². The van der Waals surface area contributed by atoms with Crippen molar-refractivity contribution in [3.8, 4) is 0 Å². The SMILES string of the molecule is O=C(NCCNC1CCCCCC1)c1cc(F)c(F)c(F)c1. The number of amides is 1. The zero-order valence-electron chi connectivity index (χ0n) is 12.4. The Kier molecular flexibility index (Phi) is 6.24. The Hall–Kier alpha value is -1.56. The number of carbonyl (C=O) groups excluding carboxylic acids is 1. The fraction of sp³-hybridized carbons (Fsp3) is 0.562. The van der Waals surface area contributed by atoms with Crippen LogP contribution in [-0.4, -0.2) is 25.0 Å². The Balaban J connectivity index is 1.75. The van der Waals surface area contributed by atoms with Gasteiger partial charge in [-0.15, -0.1) is 0 Å². The van der Waals surface area contributed by atoms with Crippen LogP contribution in [-0.2, 0) is 0 Å². The average molecular weight is 314 g/mol. The summed E-state index contributed by atoms with van der Waals surface area (Å²) in [6.07, 6.45) is 7.27. The molecule has 6 heteroatoms. The molecule has 1 fully saturated rings. The van der Waals surface area contributed by atoms with Crippen LogP contribution >= 0.6 is 0 Å². The summed E-state index contributed by atoms with van der Waals surface area (Å²) in [4.78, 5) is 11.8. The molecule has 0 atom stereocenters. The van der Waals surface area contributed by atoms with Gasteiger partial charge in [-0.05, 0) is 25.0 Å². The van der Waals surface area contributed by atoms with Gasteiger partial charge in [0.2, 0.25) is 0 Å². The van der Waals surface area contributed by atoms with E-state index in [-0.39, 0.29) is 5.56 Å². The molecule has 0 bridgehead atoms. The van der Waals surface area contributed by atoms with Crippen LogP contribution in [0.4, 0.5) is 13.2 Å². The molecule has 1 aromatic carbocycles. The fourth-order valence-electron chi connectivity index (χ4n) is 2.72. The second-order valence-electron chi connectivity index (χ2n) is 5.65. The summed E-state index contributed by atoms with van der Waals surface area (Å²) in [5, 5.41) is 5.95. The van der Waals surface area contributed by atoms with Gasteiger partial charge < -0.3 is 10.6 Å². The lowest BCUT2D eigenvalue weighted by Crippen LogP contribution is -2.37. The fourth-order valence-corrected chi connectivity index (χ4v) is 2.72. The molecule has 1 aliphatic carbocycles. The van der Waals surface area contributed by atoms with Crippen LogP contribution in [0.2, 0.25) is 0 Å². The first-order chi connectivity index (χ1) is 10.6. The van der Waals surface area contributed by atoms with Crippen LogP contribution in [0.3, 0.4) is 0 Å². The van der Waals surface area contributed by atoms with Crippen molar-refractivity contribution >= 4 is 5.91 Å². The lowest BCUT2D eigenvalue weighted by atomic mass is 10.1. The minimum absolute atomic E-state index is 0.217. The van der Waals surface area contributed by atoms with Crippen molar-refractivity contribution in [1.29, 1.82) is 0 Å². The van der Waals surface area contributed by atoms with E-state index in [1.165, 1.54) is 25.7 Å². The topological polar surface area (TPSA) is 41.1 Å². The van der Waals surface area contributed by atoms with Crippen molar-refractivity contribution < 1.29 is 18.0 Å². The Bertz CT molecular complexity index is 491. The lowest BCUT2D eigenvalue weighted by molar-refractivity contribution is 0.0952. The molecule has 0 unspecified atom stereocenters. The summed E-state index contributed by atoms with van der Waals surface area (Å²) < 4.78 is 39.0. The molecule has 3 nitrogen and oxygen atoms in total. The Labute approximate surface area is 128 Å². The maximum Gasteiger partial charge on any atom is 0.251 e. The summed E-state index contributed by atoms with van der Waals surface area (Å²) >= 11 is 0. The Morgan fingerprint density at radius 1 is 1.00 bits per heavy atom. The number of carbonyl (C=O) groups is 1. The smallest absolute Gasteiger partial charge is 0.251 e. The molecule has 0 radical (unpaired) electrons. The van der Waals surface area contributed by atoms with E-state index in [4.69, 9.17) is 0 Å². The second kappa shape index (κ2) is 8.17. The van der Waals surface area contributed by atoms with Crippen LogP contribution in [0, 0.1) is 17.5 Å². The van der Waals surface area contributed by atoms with Crippen LogP contribution < -0.4 is 10.6 Å². The first-order valence-electron chi connectivity index (χ1n) is 7.74. The zero-order chi connectivity index (χ0) is 15.9. The van der Waals surface area contributed by atoms with Crippen molar-refractivity contribution in [2.24, 2.45) is 0 Å². The van der Waals surface area contributed by atoms with E-state index < -0.39 is 23.4 Å². The summed E-state index contributed by atoms with van der Waals surface area (Å²) in [5.74, 6) is -4.89. The first-order valence-corrected chi connectivity index (χ1v) is 7.74. The molecule has 1 saturated carbocycles. The minimum Gasteiger partial charge on any atom is -0.351 e. The largest absolute Gasteiger partial charge is 0.351 e. The van der Waals surface area contributed by atoms with E-state index in [0.29, 0.717) is 31.3 Å². The molecule has 122 valence electrons. The van der Waals surface area contributed by atoms with Gasteiger partial charge in [0, 0.05) is 24.7 Å². The molecule has 0 heterocycles. The van der Waals surface area contributed by atoms with Gasteiger partial charge in [-0.2, -0.15) is 0 Å². The predicted molar refractivity (Wildman–Crippen MR) is 78.1 cm³/mol. The number of hydrogen-bond acceptors (Lipinski definition) is 2.